The molecule has 0 fully saturated rings. The highest BCUT2D eigenvalue weighted by molar-refractivity contribution is 5.96. The number of benzene rings is 2. The summed E-state index contributed by atoms with van der Waals surface area (Å²) in [6.07, 6.45) is 0. The van der Waals surface area contributed by atoms with Gasteiger partial charge in [0.15, 0.2) is 11.6 Å². The second-order valence-corrected chi connectivity index (χ2v) is 5.86. The van der Waals surface area contributed by atoms with Crippen LogP contribution in [0.25, 0.3) is 0 Å². The Balaban J connectivity index is 1.80. The minimum Gasteiger partial charge on any atom is -0.324 e. The summed E-state index contributed by atoms with van der Waals surface area (Å²) in [6, 6.07) is 15.3. The van der Waals surface area contributed by atoms with Crippen LogP contribution in [0, 0.1) is 6.92 Å². The zero-order valence-corrected chi connectivity index (χ0v) is 14.5. The van der Waals surface area contributed by atoms with Crippen LogP contribution >= 0.6 is 0 Å². The maximum atomic E-state index is 12.5. The van der Waals surface area contributed by atoms with Gasteiger partial charge in [-0.3, -0.25) is 9.89 Å². The zero-order chi connectivity index (χ0) is 18.5. The first-order valence-corrected chi connectivity index (χ1v) is 8.15. The molecule has 1 atom stereocenters. The van der Waals surface area contributed by atoms with Crippen molar-refractivity contribution in [1.29, 1.82) is 0 Å². The Labute approximate surface area is 150 Å². The Kier molecular flexibility index (Phi) is 5.07. The Bertz CT molecular complexity index is 920. The summed E-state index contributed by atoms with van der Waals surface area (Å²) in [5.74, 6) is 1.08. The number of hydrogen-bond acceptors (Lipinski definition) is 4. The summed E-state index contributed by atoms with van der Waals surface area (Å²) < 4.78 is 0. The van der Waals surface area contributed by atoms with Gasteiger partial charge in [-0.25, -0.2) is 9.78 Å². The van der Waals surface area contributed by atoms with E-state index in [1.807, 2.05) is 30.3 Å². The molecule has 3 aromatic rings. The standard InChI is InChI=1S/C19H19N5O2/c1-12(25)15-9-6-10-16(11-15)21-19(26)22-17(14-7-4-3-5-8-14)18-20-13(2)23-24-18/h3-11,17H,1-2H3,(H,20,23,24)(H2,21,22,26)/t17-/m0/s1. The molecular weight excluding hydrogens is 330 g/mol. The first-order valence-electron chi connectivity index (χ1n) is 8.15. The van der Waals surface area contributed by atoms with Gasteiger partial charge in [-0.1, -0.05) is 42.5 Å². The molecule has 1 aromatic heterocycles. The number of nitrogens with zero attached hydrogens (tertiary/aromatic N) is 2. The first kappa shape index (κ1) is 17.3. The second-order valence-electron chi connectivity index (χ2n) is 5.86. The van der Waals surface area contributed by atoms with Crippen LogP contribution in [0.4, 0.5) is 10.5 Å². The fourth-order valence-electron chi connectivity index (χ4n) is 2.55. The molecular formula is C19H19N5O2. The lowest BCUT2D eigenvalue weighted by Crippen LogP contribution is -2.33. The van der Waals surface area contributed by atoms with Crippen LogP contribution in [0.1, 0.15) is 40.5 Å². The highest BCUT2D eigenvalue weighted by Gasteiger charge is 2.21. The van der Waals surface area contributed by atoms with E-state index < -0.39 is 12.1 Å². The Hall–Kier alpha value is -3.48. The van der Waals surface area contributed by atoms with E-state index in [2.05, 4.69) is 25.8 Å². The number of amides is 2. The van der Waals surface area contributed by atoms with Crippen LogP contribution in [-0.4, -0.2) is 27.0 Å². The Morgan fingerprint density at radius 3 is 2.50 bits per heavy atom. The maximum absolute atomic E-state index is 12.5. The molecule has 7 nitrogen and oxygen atoms in total. The van der Waals surface area contributed by atoms with Gasteiger partial charge in [-0.15, -0.1) is 0 Å². The topological polar surface area (TPSA) is 99.8 Å². The zero-order valence-electron chi connectivity index (χ0n) is 14.5. The number of Topliss-reactive ketones (excluding diaryl/α,β-unsaturated/α-hetero) is 1. The molecule has 0 spiro atoms. The highest BCUT2D eigenvalue weighted by atomic mass is 16.2. The van der Waals surface area contributed by atoms with Crippen molar-refractivity contribution in [3.05, 3.63) is 77.4 Å². The van der Waals surface area contributed by atoms with E-state index in [-0.39, 0.29) is 5.78 Å². The van der Waals surface area contributed by atoms with Crippen LogP contribution in [0.5, 0.6) is 0 Å². The third kappa shape index (κ3) is 4.13. The van der Waals surface area contributed by atoms with Crippen molar-refractivity contribution >= 4 is 17.5 Å². The summed E-state index contributed by atoms with van der Waals surface area (Å²) in [4.78, 5) is 28.3. The number of carbonyl (C=O) groups excluding carboxylic acids is 2. The van der Waals surface area contributed by atoms with Crippen molar-refractivity contribution in [1.82, 2.24) is 20.5 Å². The Morgan fingerprint density at radius 2 is 1.85 bits per heavy atom. The molecule has 3 N–H and O–H groups in total. The van der Waals surface area contributed by atoms with Gasteiger partial charge < -0.3 is 10.6 Å². The number of hydrogen-bond donors (Lipinski definition) is 3. The lowest BCUT2D eigenvalue weighted by Gasteiger charge is -2.17. The lowest BCUT2D eigenvalue weighted by atomic mass is 10.1. The molecule has 26 heavy (non-hydrogen) atoms. The van der Waals surface area contributed by atoms with Gasteiger partial charge in [0.1, 0.15) is 11.9 Å². The number of aryl methyl sites for hydroxylation is 1. The molecule has 7 heteroatoms. The number of aromatic nitrogens is 3. The van der Waals surface area contributed by atoms with Crippen LogP contribution in [0.15, 0.2) is 54.6 Å². The largest absolute Gasteiger partial charge is 0.324 e. The quantitative estimate of drug-likeness (QED) is 0.616. The number of H-pyrrole nitrogens is 1. The number of carbonyl (C=O) groups is 2. The molecule has 0 radical (unpaired) electrons. The number of nitrogens with one attached hydrogen (secondary N) is 3. The smallest absolute Gasteiger partial charge is 0.320 e. The number of rotatable bonds is 5. The molecule has 2 aromatic carbocycles. The van der Waals surface area contributed by atoms with Crippen LogP contribution in [0.3, 0.4) is 0 Å². The average Bonchev–Trinajstić information content (AvgIpc) is 3.06. The summed E-state index contributed by atoms with van der Waals surface area (Å²) in [5.41, 5.74) is 1.93. The van der Waals surface area contributed by atoms with Crippen molar-refractivity contribution in [2.45, 2.75) is 19.9 Å². The normalized spacial score (nSPS) is 11.6. The van der Waals surface area contributed by atoms with E-state index in [0.29, 0.717) is 22.9 Å². The third-order valence-corrected chi connectivity index (χ3v) is 3.81. The molecule has 0 aliphatic rings. The number of anilines is 1. The van der Waals surface area contributed by atoms with E-state index in [9.17, 15) is 9.59 Å². The van der Waals surface area contributed by atoms with E-state index in [0.717, 1.165) is 5.56 Å². The highest BCUT2D eigenvalue weighted by Crippen LogP contribution is 2.19. The van der Waals surface area contributed by atoms with Crippen molar-refractivity contribution in [2.75, 3.05) is 5.32 Å². The second kappa shape index (κ2) is 7.60. The molecule has 3 rings (SSSR count). The van der Waals surface area contributed by atoms with Gasteiger partial charge >= 0.3 is 6.03 Å². The molecule has 132 valence electrons. The predicted octanol–water partition coefficient (Wildman–Crippen LogP) is 3.23. The number of ketones is 1. The fraction of sp³-hybridized carbons (Fsp3) is 0.158. The summed E-state index contributed by atoms with van der Waals surface area (Å²) >= 11 is 0. The molecule has 0 aliphatic carbocycles. The van der Waals surface area contributed by atoms with E-state index >= 15 is 0 Å². The van der Waals surface area contributed by atoms with Crippen molar-refractivity contribution in [3.63, 3.8) is 0 Å². The van der Waals surface area contributed by atoms with Gasteiger partial charge in [0.2, 0.25) is 0 Å². The van der Waals surface area contributed by atoms with Crippen LogP contribution in [-0.2, 0) is 0 Å². The molecule has 1 heterocycles. The molecule has 0 saturated carbocycles. The molecule has 0 saturated heterocycles. The van der Waals surface area contributed by atoms with Gasteiger partial charge in [-0.05, 0) is 31.5 Å². The Morgan fingerprint density at radius 1 is 1.08 bits per heavy atom. The summed E-state index contributed by atoms with van der Waals surface area (Å²) in [6.45, 7) is 3.28. The minimum absolute atomic E-state index is 0.0626. The summed E-state index contributed by atoms with van der Waals surface area (Å²) in [5, 5.41) is 12.6. The molecule has 0 bridgehead atoms. The number of urea groups is 1. The molecule has 2 amide bonds. The SMILES string of the molecule is CC(=O)c1cccc(NC(=O)N[C@@H](c2ccccc2)c2n[nH]c(C)n2)c1. The minimum atomic E-state index is -0.503. The first-order chi connectivity index (χ1) is 12.5. The third-order valence-electron chi connectivity index (χ3n) is 3.81. The fourth-order valence-corrected chi connectivity index (χ4v) is 2.55. The monoisotopic (exact) mass is 349 g/mol. The predicted molar refractivity (Wildman–Crippen MR) is 98.0 cm³/mol. The average molecular weight is 349 g/mol. The van der Waals surface area contributed by atoms with E-state index in [1.54, 1.807) is 31.2 Å². The van der Waals surface area contributed by atoms with Crippen molar-refractivity contribution in [2.24, 2.45) is 0 Å². The molecule has 0 unspecified atom stereocenters. The summed E-state index contributed by atoms with van der Waals surface area (Å²) in [7, 11) is 0. The van der Waals surface area contributed by atoms with Gasteiger partial charge in [0.05, 0.1) is 0 Å². The van der Waals surface area contributed by atoms with Gasteiger partial charge in [0, 0.05) is 11.3 Å². The van der Waals surface area contributed by atoms with Crippen LogP contribution < -0.4 is 10.6 Å². The van der Waals surface area contributed by atoms with Crippen molar-refractivity contribution in [3.8, 4) is 0 Å². The maximum Gasteiger partial charge on any atom is 0.320 e. The van der Waals surface area contributed by atoms with E-state index in [4.69, 9.17) is 0 Å². The van der Waals surface area contributed by atoms with Gasteiger partial charge in [-0.2, -0.15) is 5.10 Å². The number of aromatic amines is 1. The van der Waals surface area contributed by atoms with Gasteiger partial charge in [0.25, 0.3) is 0 Å². The molecule has 0 aliphatic heterocycles. The van der Waals surface area contributed by atoms with E-state index in [1.165, 1.54) is 6.92 Å². The van der Waals surface area contributed by atoms with Crippen LogP contribution in [0.2, 0.25) is 0 Å². The van der Waals surface area contributed by atoms with Crippen molar-refractivity contribution < 1.29 is 9.59 Å². The lowest BCUT2D eigenvalue weighted by molar-refractivity contribution is 0.101.